The molecule has 0 radical (unpaired) electrons. The van der Waals surface area contributed by atoms with E-state index in [0.29, 0.717) is 16.8 Å². The molecule has 0 saturated carbocycles. The molecule has 1 aliphatic heterocycles. The van der Waals surface area contributed by atoms with Crippen molar-refractivity contribution in [3.05, 3.63) is 48.0 Å². The largest absolute Gasteiger partial charge is 0.349 e. The molecule has 0 bridgehead atoms. The summed E-state index contributed by atoms with van der Waals surface area (Å²) in [5, 5.41) is 6.97. The smallest absolute Gasteiger partial charge is 0.221 e. The fourth-order valence-corrected chi connectivity index (χ4v) is 3.56. The van der Waals surface area contributed by atoms with Gasteiger partial charge >= 0.3 is 0 Å². The first-order valence-electron chi connectivity index (χ1n) is 8.67. The quantitative estimate of drug-likeness (QED) is 0.726. The molecule has 1 aromatic carbocycles. The SMILES string of the molecule is Bc1cc([C@H]2CCCN2c2ccn3ncc(NC(C)=O)c3n2)ccc1F. The lowest BCUT2D eigenvalue weighted by molar-refractivity contribution is -0.114. The van der Waals surface area contributed by atoms with Gasteiger partial charge in [-0.15, -0.1) is 0 Å². The van der Waals surface area contributed by atoms with Crippen LogP contribution in [0.5, 0.6) is 0 Å². The lowest BCUT2D eigenvalue weighted by Gasteiger charge is -2.26. The monoisotopic (exact) mass is 351 g/mol. The van der Waals surface area contributed by atoms with Gasteiger partial charge in [-0.05, 0) is 30.5 Å². The van der Waals surface area contributed by atoms with Gasteiger partial charge in [0.15, 0.2) is 5.65 Å². The van der Waals surface area contributed by atoms with Crippen molar-refractivity contribution in [3.8, 4) is 0 Å². The summed E-state index contributed by atoms with van der Waals surface area (Å²) in [6.07, 6.45) is 5.48. The van der Waals surface area contributed by atoms with E-state index >= 15 is 0 Å². The number of nitrogens with zero attached hydrogens (tertiary/aromatic N) is 4. The molecule has 2 aromatic heterocycles. The highest BCUT2D eigenvalue weighted by molar-refractivity contribution is 6.32. The number of fused-ring (bicyclic) bond motifs is 1. The number of amides is 1. The first-order valence-corrected chi connectivity index (χ1v) is 8.67. The van der Waals surface area contributed by atoms with Gasteiger partial charge in [-0.2, -0.15) is 5.10 Å². The van der Waals surface area contributed by atoms with Gasteiger partial charge in [0.05, 0.1) is 12.2 Å². The van der Waals surface area contributed by atoms with Crippen LogP contribution in [0.25, 0.3) is 5.65 Å². The summed E-state index contributed by atoms with van der Waals surface area (Å²) in [5.41, 5.74) is 2.95. The van der Waals surface area contributed by atoms with E-state index in [1.54, 1.807) is 18.6 Å². The van der Waals surface area contributed by atoms with Crippen molar-refractivity contribution in [3.63, 3.8) is 0 Å². The van der Waals surface area contributed by atoms with Gasteiger partial charge in [0, 0.05) is 19.7 Å². The van der Waals surface area contributed by atoms with Gasteiger partial charge in [-0.25, -0.2) is 13.9 Å². The summed E-state index contributed by atoms with van der Waals surface area (Å²) in [7, 11) is 1.79. The standard InChI is InChI=1S/C18H19BFN5O/c1-11(26)22-15-10-21-25-8-6-17(23-18(15)25)24-7-2-3-16(24)12-4-5-14(20)13(19)9-12/h4-6,8-10,16H,2-3,7,19H2,1H3,(H,22,26)/t16-/m1/s1. The molecule has 0 aliphatic carbocycles. The van der Waals surface area contributed by atoms with Crippen molar-refractivity contribution < 1.29 is 9.18 Å². The predicted molar refractivity (Wildman–Crippen MR) is 101 cm³/mol. The van der Waals surface area contributed by atoms with E-state index in [4.69, 9.17) is 4.98 Å². The maximum Gasteiger partial charge on any atom is 0.221 e. The molecule has 132 valence electrons. The van der Waals surface area contributed by atoms with Crippen molar-refractivity contribution in [2.75, 3.05) is 16.8 Å². The van der Waals surface area contributed by atoms with Gasteiger partial charge < -0.3 is 10.2 Å². The van der Waals surface area contributed by atoms with E-state index in [9.17, 15) is 9.18 Å². The summed E-state index contributed by atoms with van der Waals surface area (Å²) >= 11 is 0. The van der Waals surface area contributed by atoms with Crippen LogP contribution in [0.1, 0.15) is 31.4 Å². The first-order chi connectivity index (χ1) is 12.5. The lowest BCUT2D eigenvalue weighted by atomic mass is 9.91. The van der Waals surface area contributed by atoms with Crippen LogP contribution in [0, 0.1) is 5.82 Å². The van der Waals surface area contributed by atoms with Crippen molar-refractivity contribution in [1.82, 2.24) is 14.6 Å². The Morgan fingerprint density at radius 1 is 1.38 bits per heavy atom. The highest BCUT2D eigenvalue weighted by Crippen LogP contribution is 2.35. The van der Waals surface area contributed by atoms with E-state index in [1.165, 1.54) is 13.0 Å². The van der Waals surface area contributed by atoms with Crippen molar-refractivity contribution in [2.24, 2.45) is 0 Å². The van der Waals surface area contributed by atoms with Gasteiger partial charge in [0.25, 0.3) is 0 Å². The van der Waals surface area contributed by atoms with Crippen LogP contribution in [0.4, 0.5) is 15.9 Å². The average molecular weight is 351 g/mol. The third-order valence-corrected chi connectivity index (χ3v) is 4.78. The molecule has 1 saturated heterocycles. The Kier molecular flexibility index (Phi) is 4.10. The Balaban J connectivity index is 1.71. The molecule has 6 nitrogen and oxygen atoms in total. The number of halogens is 1. The number of nitrogens with one attached hydrogen (secondary N) is 1. The summed E-state index contributed by atoms with van der Waals surface area (Å²) in [6, 6.07) is 7.39. The highest BCUT2D eigenvalue weighted by atomic mass is 19.1. The number of aromatic nitrogens is 3. The second-order valence-corrected chi connectivity index (χ2v) is 6.65. The highest BCUT2D eigenvalue weighted by Gasteiger charge is 2.28. The molecule has 1 amide bonds. The molecule has 1 atom stereocenters. The fraction of sp³-hybridized carbons (Fsp3) is 0.278. The van der Waals surface area contributed by atoms with Gasteiger partial charge in [-0.3, -0.25) is 4.79 Å². The minimum absolute atomic E-state index is 0.159. The van der Waals surface area contributed by atoms with Crippen molar-refractivity contribution in [1.29, 1.82) is 0 Å². The van der Waals surface area contributed by atoms with E-state index in [2.05, 4.69) is 15.3 Å². The molecule has 1 aliphatic rings. The zero-order valence-corrected chi connectivity index (χ0v) is 14.7. The van der Waals surface area contributed by atoms with E-state index in [1.807, 2.05) is 24.4 Å². The summed E-state index contributed by atoms with van der Waals surface area (Å²) in [4.78, 5) is 18.3. The first kappa shape index (κ1) is 16.6. The Morgan fingerprint density at radius 2 is 2.23 bits per heavy atom. The maximum atomic E-state index is 13.6. The van der Waals surface area contributed by atoms with Crippen molar-refractivity contribution in [2.45, 2.75) is 25.8 Å². The number of hydrogen-bond acceptors (Lipinski definition) is 4. The summed E-state index contributed by atoms with van der Waals surface area (Å²) < 4.78 is 15.3. The van der Waals surface area contributed by atoms with Crippen LogP contribution in [0.2, 0.25) is 0 Å². The second-order valence-electron chi connectivity index (χ2n) is 6.65. The molecule has 0 spiro atoms. The minimum Gasteiger partial charge on any atom is -0.349 e. The summed E-state index contributed by atoms with van der Waals surface area (Å²) in [5.74, 6) is 0.485. The molecule has 1 N–H and O–H groups in total. The molecular weight excluding hydrogens is 332 g/mol. The predicted octanol–water partition coefficient (Wildman–Crippen LogP) is 1.43. The average Bonchev–Trinajstić information content (AvgIpc) is 3.24. The zero-order chi connectivity index (χ0) is 18.3. The molecule has 8 heteroatoms. The second kappa shape index (κ2) is 6.44. The molecular formula is C18H19BFN5O. The van der Waals surface area contributed by atoms with Crippen LogP contribution in [-0.2, 0) is 4.79 Å². The molecule has 3 heterocycles. The Hall–Kier alpha value is -2.90. The van der Waals surface area contributed by atoms with Crippen LogP contribution < -0.4 is 15.7 Å². The number of carbonyl (C=O) groups excluding carboxylic acids is 1. The minimum atomic E-state index is -0.183. The lowest BCUT2D eigenvalue weighted by Crippen LogP contribution is -2.25. The Morgan fingerprint density at radius 3 is 3.00 bits per heavy atom. The molecule has 26 heavy (non-hydrogen) atoms. The number of benzene rings is 1. The summed E-state index contributed by atoms with van der Waals surface area (Å²) in [6.45, 7) is 2.34. The van der Waals surface area contributed by atoms with Crippen LogP contribution in [-0.4, -0.2) is 34.9 Å². The molecule has 3 aromatic rings. The van der Waals surface area contributed by atoms with Crippen molar-refractivity contribution >= 4 is 36.4 Å². The molecule has 0 unspecified atom stereocenters. The Bertz CT molecular complexity index is 989. The van der Waals surface area contributed by atoms with E-state index in [-0.39, 0.29) is 17.8 Å². The number of carbonyl (C=O) groups is 1. The van der Waals surface area contributed by atoms with Crippen LogP contribution in [0.3, 0.4) is 0 Å². The number of rotatable bonds is 3. The third kappa shape index (κ3) is 2.91. The zero-order valence-electron chi connectivity index (χ0n) is 14.7. The Labute approximate surface area is 151 Å². The topological polar surface area (TPSA) is 62.5 Å². The van der Waals surface area contributed by atoms with E-state index in [0.717, 1.165) is 30.8 Å². The normalized spacial score (nSPS) is 17.0. The van der Waals surface area contributed by atoms with Crippen LogP contribution in [0.15, 0.2) is 36.7 Å². The molecule has 4 rings (SSSR count). The number of hydrogen-bond donors (Lipinski definition) is 1. The molecule has 1 fully saturated rings. The fourth-order valence-electron chi connectivity index (χ4n) is 3.56. The van der Waals surface area contributed by atoms with Gasteiger partial charge in [-0.1, -0.05) is 17.6 Å². The van der Waals surface area contributed by atoms with E-state index < -0.39 is 0 Å². The van der Waals surface area contributed by atoms with Crippen LogP contribution >= 0.6 is 0 Å². The maximum absolute atomic E-state index is 13.6. The van der Waals surface area contributed by atoms with Gasteiger partial charge in [0.2, 0.25) is 5.91 Å². The third-order valence-electron chi connectivity index (χ3n) is 4.78. The van der Waals surface area contributed by atoms with Gasteiger partial charge in [0.1, 0.15) is 25.2 Å². The number of anilines is 2.